The summed E-state index contributed by atoms with van der Waals surface area (Å²) in [5.74, 6) is -0.188. The summed E-state index contributed by atoms with van der Waals surface area (Å²) in [5.41, 5.74) is 12.7. The molecule has 2 aromatic carbocycles. The van der Waals surface area contributed by atoms with Crippen LogP contribution in [0.25, 0.3) is 0 Å². The summed E-state index contributed by atoms with van der Waals surface area (Å²) in [4.78, 5) is 37.4. The summed E-state index contributed by atoms with van der Waals surface area (Å²) >= 11 is 0. The van der Waals surface area contributed by atoms with E-state index in [4.69, 9.17) is 16.2 Å². The van der Waals surface area contributed by atoms with Crippen LogP contribution in [0.3, 0.4) is 0 Å². The Morgan fingerprint density at radius 2 is 1.60 bits per heavy atom. The standard InChI is InChI=1S/C28H36N8O6/c1-2-28-23(34-26(30)36(28)41)21(33-25(29)35(28)15-6-16-37)17-42-27(40)32-14-13-31-24(39)20-11-9-19(10-12-20)22(38)18-7-4-3-5-8-18/h3-5,7-12,21,23,37,41H,2,6,13-17H2,1H3,(H6,29,30,31,32,33,34,39,40)/p+2. The van der Waals surface area contributed by atoms with Crippen molar-refractivity contribution in [2.75, 3.05) is 32.8 Å². The van der Waals surface area contributed by atoms with E-state index in [1.165, 1.54) is 0 Å². The predicted molar refractivity (Wildman–Crippen MR) is 152 cm³/mol. The van der Waals surface area contributed by atoms with Gasteiger partial charge in [0, 0.05) is 49.2 Å². The van der Waals surface area contributed by atoms with Gasteiger partial charge in [-0.25, -0.2) is 9.37 Å². The number of nitrogens with two attached hydrogens (primary N) is 2. The number of ether oxygens (including phenoxy) is 1. The maximum Gasteiger partial charge on any atom is 0.407 e. The Bertz CT molecular complexity index is 1360. The Kier molecular flexibility index (Phi) is 9.47. The van der Waals surface area contributed by atoms with Crippen molar-refractivity contribution in [3.63, 3.8) is 0 Å². The fraction of sp³-hybridized carbons (Fsp3) is 0.393. The van der Waals surface area contributed by atoms with Gasteiger partial charge in [0.25, 0.3) is 11.6 Å². The molecule has 0 aromatic heterocycles. The molecule has 14 heteroatoms. The molecule has 3 unspecified atom stereocenters. The molecule has 0 spiro atoms. The van der Waals surface area contributed by atoms with Crippen LogP contribution < -0.4 is 32.7 Å². The van der Waals surface area contributed by atoms with Crippen LogP contribution >= 0.6 is 0 Å². The molecule has 10 N–H and O–H groups in total. The zero-order chi connectivity index (χ0) is 30.3. The number of nitrogens with zero attached hydrogens (tertiary/aromatic N) is 2. The summed E-state index contributed by atoms with van der Waals surface area (Å²) < 4.78 is 8.09. The monoisotopic (exact) mass is 582 g/mol. The lowest BCUT2D eigenvalue weighted by molar-refractivity contribution is -0.943. The van der Waals surface area contributed by atoms with E-state index in [9.17, 15) is 24.7 Å². The van der Waals surface area contributed by atoms with Crippen molar-refractivity contribution in [2.45, 2.75) is 37.5 Å². The van der Waals surface area contributed by atoms with E-state index in [0.29, 0.717) is 36.1 Å². The Morgan fingerprint density at radius 3 is 2.26 bits per heavy atom. The third kappa shape index (κ3) is 6.07. The fourth-order valence-corrected chi connectivity index (χ4v) is 5.37. The Morgan fingerprint density at radius 1 is 0.952 bits per heavy atom. The molecule has 2 amide bonds. The molecule has 0 bridgehead atoms. The topological polar surface area (TPSA) is 207 Å². The van der Waals surface area contributed by atoms with Crippen molar-refractivity contribution in [3.05, 3.63) is 71.3 Å². The number of hydrogen-bond donors (Lipinski definition) is 8. The summed E-state index contributed by atoms with van der Waals surface area (Å²) in [6, 6.07) is 14.2. The average molecular weight is 583 g/mol. The number of alkyl carbamates (subject to hydrolysis) is 1. The van der Waals surface area contributed by atoms with Gasteiger partial charge in [-0.05, 0) is 16.9 Å². The van der Waals surface area contributed by atoms with Crippen molar-refractivity contribution in [1.29, 1.82) is 0 Å². The van der Waals surface area contributed by atoms with Crippen LogP contribution in [0.15, 0.2) is 54.6 Å². The lowest BCUT2D eigenvalue weighted by Crippen LogP contribution is -2.74. The molecule has 0 aliphatic carbocycles. The van der Waals surface area contributed by atoms with Crippen molar-refractivity contribution >= 4 is 29.7 Å². The third-order valence-corrected chi connectivity index (χ3v) is 7.47. The molecule has 2 aromatic rings. The molecule has 3 atom stereocenters. The van der Waals surface area contributed by atoms with Crippen molar-refractivity contribution in [1.82, 2.24) is 21.3 Å². The number of carbonyl (C=O) groups excluding carboxylic acids is 3. The highest BCUT2D eigenvalue weighted by atomic mass is 16.5. The molecule has 42 heavy (non-hydrogen) atoms. The minimum Gasteiger partial charge on any atom is -0.446 e. The minimum absolute atomic E-state index is 0.0370. The average Bonchev–Trinajstić information content (AvgIpc) is 3.28. The molecule has 4 rings (SSSR count). The predicted octanol–water partition coefficient (Wildman–Crippen LogP) is -1.15. The van der Waals surface area contributed by atoms with Crippen LogP contribution in [0.1, 0.15) is 46.0 Å². The van der Waals surface area contributed by atoms with Crippen molar-refractivity contribution in [2.24, 2.45) is 11.5 Å². The molecule has 0 saturated heterocycles. The molecule has 2 aliphatic heterocycles. The van der Waals surface area contributed by atoms with Gasteiger partial charge in [0.1, 0.15) is 12.6 Å². The Balaban J connectivity index is 1.25. The zero-order valence-electron chi connectivity index (χ0n) is 23.4. The molecule has 0 saturated carbocycles. The summed E-state index contributed by atoms with van der Waals surface area (Å²) in [7, 11) is 0. The van der Waals surface area contributed by atoms with Gasteiger partial charge in [-0.2, -0.15) is 0 Å². The number of hydroxylamine groups is 1. The smallest absolute Gasteiger partial charge is 0.407 e. The first-order valence-corrected chi connectivity index (χ1v) is 13.8. The first-order chi connectivity index (χ1) is 20.2. The van der Waals surface area contributed by atoms with Crippen LogP contribution in [0, 0.1) is 0 Å². The quantitative estimate of drug-likeness (QED) is 0.0652. The van der Waals surface area contributed by atoms with Crippen LogP contribution in [-0.2, 0) is 4.74 Å². The van der Waals surface area contributed by atoms with Gasteiger partial charge < -0.3 is 25.7 Å². The fourth-order valence-electron chi connectivity index (χ4n) is 5.37. The maximum absolute atomic E-state index is 12.5. The number of guanidine groups is 2. The number of aliphatic hydroxyl groups is 1. The second-order valence-corrected chi connectivity index (χ2v) is 9.97. The van der Waals surface area contributed by atoms with Gasteiger partial charge >= 0.3 is 18.0 Å². The number of benzene rings is 2. The van der Waals surface area contributed by atoms with E-state index < -0.39 is 23.8 Å². The number of hydrogen-bond acceptors (Lipinski definition) is 10. The lowest BCUT2D eigenvalue weighted by atomic mass is 9.89. The van der Waals surface area contributed by atoms with E-state index in [-0.39, 0.29) is 49.9 Å². The number of nitrogens with one attached hydrogen (secondary N) is 4. The number of aliphatic hydroxyl groups excluding tert-OH is 1. The molecule has 2 aliphatic rings. The van der Waals surface area contributed by atoms with E-state index >= 15 is 0 Å². The maximum atomic E-state index is 12.5. The number of ketones is 1. The van der Waals surface area contributed by atoms with E-state index in [0.717, 1.165) is 4.74 Å². The molecular formula is C28H38N8O6+2. The SMILES string of the molecule is CCC12C(NC(N)=[N+]1O)C(COC(=O)NCCNC(=O)c1ccc(C(=O)c3ccccc3)cc1)NC(N)=[N+]2CCCO. The molecule has 224 valence electrons. The minimum atomic E-state index is -1.05. The molecule has 2 heterocycles. The van der Waals surface area contributed by atoms with Gasteiger partial charge in [-0.1, -0.05) is 49.4 Å². The number of fused-ring (bicyclic) bond motifs is 1. The highest BCUT2D eigenvalue weighted by Gasteiger charge is 2.64. The number of amides is 2. The summed E-state index contributed by atoms with van der Waals surface area (Å²) in [6.45, 7) is 2.35. The van der Waals surface area contributed by atoms with E-state index in [2.05, 4.69) is 21.3 Å². The Labute approximate surface area is 243 Å². The highest BCUT2D eigenvalue weighted by molar-refractivity contribution is 6.09. The summed E-state index contributed by atoms with van der Waals surface area (Å²) in [5, 5.41) is 31.6. The first kappa shape index (κ1) is 30.1. The first-order valence-electron chi connectivity index (χ1n) is 13.8. The van der Waals surface area contributed by atoms with Gasteiger partial charge in [0.15, 0.2) is 11.8 Å². The zero-order valence-corrected chi connectivity index (χ0v) is 23.4. The lowest BCUT2D eigenvalue weighted by Gasteiger charge is -2.39. The molecule has 14 nitrogen and oxygen atoms in total. The van der Waals surface area contributed by atoms with E-state index in [1.807, 2.05) is 13.0 Å². The molecular weight excluding hydrogens is 544 g/mol. The van der Waals surface area contributed by atoms with Crippen LogP contribution in [0.4, 0.5) is 4.79 Å². The third-order valence-electron chi connectivity index (χ3n) is 7.47. The van der Waals surface area contributed by atoms with Gasteiger partial charge in [0.05, 0.1) is 6.54 Å². The van der Waals surface area contributed by atoms with Crippen LogP contribution in [0.5, 0.6) is 0 Å². The van der Waals surface area contributed by atoms with Crippen molar-refractivity contribution < 1.29 is 38.7 Å². The Hall–Kier alpha value is -4.85. The van der Waals surface area contributed by atoms with Gasteiger partial charge in [-0.15, -0.1) is 0 Å². The normalized spacial score (nSPS) is 21.2. The van der Waals surface area contributed by atoms with Crippen molar-refractivity contribution in [3.8, 4) is 0 Å². The summed E-state index contributed by atoms with van der Waals surface area (Å²) in [6.07, 6.45) is 0.141. The highest BCUT2D eigenvalue weighted by Crippen LogP contribution is 2.30. The second kappa shape index (κ2) is 13.2. The van der Waals surface area contributed by atoms with Gasteiger partial charge in [-0.3, -0.25) is 31.7 Å². The number of carbonyl (C=O) groups is 3. The number of rotatable bonds is 12. The molecule has 0 fully saturated rings. The van der Waals surface area contributed by atoms with Gasteiger partial charge in [0.2, 0.25) is 0 Å². The van der Waals surface area contributed by atoms with Crippen LogP contribution in [0.2, 0.25) is 0 Å². The van der Waals surface area contributed by atoms with E-state index in [1.54, 1.807) is 53.1 Å². The van der Waals surface area contributed by atoms with Crippen LogP contribution in [-0.4, -0.2) is 99.9 Å². The molecule has 0 radical (unpaired) electrons. The second-order valence-electron chi connectivity index (χ2n) is 9.97. The largest absolute Gasteiger partial charge is 0.446 e.